The second kappa shape index (κ2) is 9.75. The minimum Gasteiger partial charge on any atom is -0.479 e. The number of aliphatic carboxylic acids is 1. The van der Waals surface area contributed by atoms with Gasteiger partial charge in [-0.05, 0) is 69.4 Å². The molecule has 1 aromatic rings. The molecule has 6 heteroatoms. The fourth-order valence-electron chi connectivity index (χ4n) is 4.48. The van der Waals surface area contributed by atoms with E-state index in [1.807, 2.05) is 20.8 Å². The Hall–Kier alpha value is -2.18. The Kier molecular flexibility index (Phi) is 7.83. The molecule has 4 N–H and O–H groups in total. The summed E-state index contributed by atoms with van der Waals surface area (Å²) >= 11 is 0. The van der Waals surface area contributed by atoms with E-state index in [1.54, 1.807) is 30.3 Å². The SMILES string of the molecule is CCC1=C[C@@H]2[C@H](C1)C[C@@]2(CN)CC(=O)OC(C)(C)C.O=C(O)[C@@H](O)c1ccccc1. The normalized spacial score (nSPS) is 25.7. The predicted octanol–water partition coefficient (Wildman–Crippen LogP) is 3.84. The summed E-state index contributed by atoms with van der Waals surface area (Å²) < 4.78 is 5.46. The molecule has 1 saturated carbocycles. The average Bonchev–Trinajstić information content (AvgIpc) is 3.03. The molecular weight excluding hydrogens is 382 g/mol. The first-order valence-electron chi connectivity index (χ1n) is 10.6. The van der Waals surface area contributed by atoms with Crippen molar-refractivity contribution in [3.63, 3.8) is 0 Å². The quantitative estimate of drug-likeness (QED) is 0.479. The van der Waals surface area contributed by atoms with Crippen LogP contribution in [0.5, 0.6) is 0 Å². The molecule has 0 aliphatic heterocycles. The smallest absolute Gasteiger partial charge is 0.337 e. The van der Waals surface area contributed by atoms with Crippen molar-refractivity contribution in [2.24, 2.45) is 23.0 Å². The van der Waals surface area contributed by atoms with Crippen molar-refractivity contribution >= 4 is 11.9 Å². The molecule has 0 spiro atoms. The van der Waals surface area contributed by atoms with Crippen LogP contribution in [0.4, 0.5) is 0 Å². The predicted molar refractivity (Wildman–Crippen MR) is 116 cm³/mol. The number of ether oxygens (including phenoxy) is 1. The van der Waals surface area contributed by atoms with E-state index in [0.717, 1.165) is 18.8 Å². The molecule has 0 aromatic heterocycles. The zero-order valence-corrected chi connectivity index (χ0v) is 18.4. The van der Waals surface area contributed by atoms with Crippen LogP contribution in [0.1, 0.15) is 65.0 Å². The van der Waals surface area contributed by atoms with E-state index in [0.29, 0.717) is 24.4 Å². The van der Waals surface area contributed by atoms with Gasteiger partial charge in [0.05, 0.1) is 6.42 Å². The van der Waals surface area contributed by atoms with Crippen molar-refractivity contribution in [2.75, 3.05) is 6.54 Å². The number of rotatable bonds is 6. The maximum atomic E-state index is 12.1. The first-order valence-corrected chi connectivity index (χ1v) is 10.6. The number of carboxylic acids is 1. The van der Waals surface area contributed by atoms with Gasteiger partial charge in [-0.15, -0.1) is 0 Å². The van der Waals surface area contributed by atoms with Crippen LogP contribution in [-0.2, 0) is 14.3 Å². The van der Waals surface area contributed by atoms with E-state index in [-0.39, 0.29) is 11.4 Å². The monoisotopic (exact) mass is 417 g/mol. The van der Waals surface area contributed by atoms with Gasteiger partial charge in [0, 0.05) is 0 Å². The van der Waals surface area contributed by atoms with Crippen molar-refractivity contribution in [1.82, 2.24) is 0 Å². The highest BCUT2D eigenvalue weighted by Crippen LogP contribution is 2.59. The molecule has 1 fully saturated rings. The molecule has 30 heavy (non-hydrogen) atoms. The third kappa shape index (κ3) is 5.92. The van der Waals surface area contributed by atoms with Crippen LogP contribution in [0, 0.1) is 17.3 Å². The van der Waals surface area contributed by atoms with Gasteiger partial charge in [-0.2, -0.15) is 0 Å². The van der Waals surface area contributed by atoms with Crippen molar-refractivity contribution in [3.05, 3.63) is 47.5 Å². The first kappa shape index (κ1) is 24.1. The molecular formula is C24H35NO5. The zero-order valence-electron chi connectivity index (χ0n) is 18.4. The number of fused-ring (bicyclic) bond motifs is 1. The summed E-state index contributed by atoms with van der Waals surface area (Å²) in [5.74, 6) is -0.105. The highest BCUT2D eigenvalue weighted by atomic mass is 16.6. The Bertz CT molecular complexity index is 768. The summed E-state index contributed by atoms with van der Waals surface area (Å²) in [6, 6.07) is 8.26. The van der Waals surface area contributed by atoms with Crippen molar-refractivity contribution in [2.45, 2.75) is 65.1 Å². The van der Waals surface area contributed by atoms with Gasteiger partial charge < -0.3 is 20.7 Å². The number of allylic oxidation sites excluding steroid dienone is 2. The second-order valence-corrected chi connectivity index (χ2v) is 9.35. The molecule has 1 aromatic carbocycles. The number of carbonyl (C=O) groups is 2. The van der Waals surface area contributed by atoms with E-state index in [9.17, 15) is 9.59 Å². The van der Waals surface area contributed by atoms with E-state index < -0.39 is 17.7 Å². The molecule has 2 aliphatic rings. The summed E-state index contributed by atoms with van der Waals surface area (Å²) in [7, 11) is 0. The lowest BCUT2D eigenvalue weighted by Crippen LogP contribution is -2.51. The lowest BCUT2D eigenvalue weighted by atomic mass is 9.53. The summed E-state index contributed by atoms with van der Waals surface area (Å²) in [4.78, 5) is 22.3. The topological polar surface area (TPSA) is 110 Å². The van der Waals surface area contributed by atoms with E-state index in [1.165, 1.54) is 12.0 Å². The van der Waals surface area contributed by atoms with Crippen LogP contribution in [-0.4, -0.2) is 34.3 Å². The number of benzene rings is 1. The molecule has 166 valence electrons. The van der Waals surface area contributed by atoms with E-state index >= 15 is 0 Å². The van der Waals surface area contributed by atoms with Gasteiger partial charge in [-0.25, -0.2) is 4.79 Å². The minimum absolute atomic E-state index is 0.0378. The Labute approximate surface area is 179 Å². The van der Waals surface area contributed by atoms with Gasteiger partial charge in [0.1, 0.15) is 5.60 Å². The molecule has 3 rings (SSSR count). The summed E-state index contributed by atoms with van der Waals surface area (Å²) in [6.07, 6.45) is 4.85. The van der Waals surface area contributed by atoms with Gasteiger partial charge in [0.15, 0.2) is 6.10 Å². The van der Waals surface area contributed by atoms with Crippen LogP contribution in [0.2, 0.25) is 0 Å². The van der Waals surface area contributed by atoms with E-state index in [4.69, 9.17) is 20.7 Å². The number of nitrogens with two attached hydrogens (primary N) is 1. The number of aliphatic hydroxyl groups is 1. The Morgan fingerprint density at radius 1 is 1.27 bits per heavy atom. The Balaban J connectivity index is 0.000000248. The summed E-state index contributed by atoms with van der Waals surface area (Å²) in [5.41, 5.74) is 7.48. The highest BCUT2D eigenvalue weighted by molar-refractivity contribution is 5.73. The van der Waals surface area contributed by atoms with Crippen LogP contribution in [0.15, 0.2) is 42.0 Å². The molecule has 0 heterocycles. The number of esters is 1. The van der Waals surface area contributed by atoms with Crippen LogP contribution < -0.4 is 5.73 Å². The summed E-state index contributed by atoms with van der Waals surface area (Å²) in [5, 5.41) is 17.4. The maximum Gasteiger partial charge on any atom is 0.337 e. The maximum absolute atomic E-state index is 12.1. The molecule has 0 radical (unpaired) electrons. The largest absolute Gasteiger partial charge is 0.479 e. The van der Waals surface area contributed by atoms with Gasteiger partial charge in [0.2, 0.25) is 0 Å². The standard InChI is InChI=1S/C16H27NO2.C8H8O3/c1-5-11-6-12-8-16(10-17,13(12)7-11)9-14(18)19-15(2,3)4;9-7(8(10)11)6-4-2-1-3-5-6/h7,12-13H,5-6,8-10,17H2,1-4H3;1-5,7,9H,(H,10,11)/t12-,13-,16+;7-/m10/s1. The average molecular weight is 418 g/mol. The number of carbonyl (C=O) groups excluding carboxylic acids is 1. The van der Waals surface area contributed by atoms with E-state index in [2.05, 4.69) is 13.0 Å². The zero-order chi connectivity index (χ0) is 22.5. The minimum atomic E-state index is -1.41. The Morgan fingerprint density at radius 2 is 1.90 bits per heavy atom. The third-order valence-corrected chi connectivity index (χ3v) is 5.95. The lowest BCUT2D eigenvalue weighted by molar-refractivity contribution is -0.162. The lowest BCUT2D eigenvalue weighted by Gasteiger charge is -2.51. The van der Waals surface area contributed by atoms with Crippen LogP contribution in [0.25, 0.3) is 0 Å². The van der Waals surface area contributed by atoms with Gasteiger partial charge in [-0.3, -0.25) is 4.79 Å². The molecule has 6 nitrogen and oxygen atoms in total. The fourth-order valence-corrected chi connectivity index (χ4v) is 4.48. The molecule has 0 bridgehead atoms. The molecule has 4 atom stereocenters. The summed E-state index contributed by atoms with van der Waals surface area (Å²) in [6.45, 7) is 8.52. The second-order valence-electron chi connectivity index (χ2n) is 9.35. The van der Waals surface area contributed by atoms with Crippen molar-refractivity contribution in [3.8, 4) is 0 Å². The molecule has 0 saturated heterocycles. The third-order valence-electron chi connectivity index (χ3n) is 5.95. The van der Waals surface area contributed by atoms with Gasteiger partial charge >= 0.3 is 11.9 Å². The molecule has 2 aliphatic carbocycles. The highest BCUT2D eigenvalue weighted by Gasteiger charge is 2.55. The first-order chi connectivity index (χ1) is 14.0. The fraction of sp³-hybridized carbons (Fsp3) is 0.583. The number of hydrogen-bond acceptors (Lipinski definition) is 5. The van der Waals surface area contributed by atoms with Crippen LogP contribution in [0.3, 0.4) is 0 Å². The van der Waals surface area contributed by atoms with Gasteiger partial charge in [0.25, 0.3) is 0 Å². The van der Waals surface area contributed by atoms with Crippen LogP contribution >= 0.6 is 0 Å². The van der Waals surface area contributed by atoms with Crippen molar-refractivity contribution in [1.29, 1.82) is 0 Å². The Morgan fingerprint density at radius 3 is 2.40 bits per heavy atom. The number of carboxylic acid groups (broad SMARTS) is 1. The van der Waals surface area contributed by atoms with Crippen molar-refractivity contribution < 1.29 is 24.5 Å². The van der Waals surface area contributed by atoms with Gasteiger partial charge in [-0.1, -0.05) is 48.9 Å². The number of aliphatic hydroxyl groups excluding tert-OH is 1. The molecule has 0 amide bonds. The number of hydrogen-bond donors (Lipinski definition) is 3. The molecule has 0 unspecified atom stereocenters.